The molecule has 1 aliphatic carbocycles. The first kappa shape index (κ1) is 27.8. The number of ether oxygens (including phenoxy) is 1. The summed E-state index contributed by atoms with van der Waals surface area (Å²) in [5.41, 5.74) is 6.17. The molecule has 1 heterocycles. The second kappa shape index (κ2) is 11.3. The lowest BCUT2D eigenvalue weighted by atomic mass is 9.76. The third-order valence-electron chi connectivity index (χ3n) is 9.19. The summed E-state index contributed by atoms with van der Waals surface area (Å²) in [5, 5.41) is 3.80. The zero-order valence-electron chi connectivity index (χ0n) is 24.6. The third-order valence-corrected chi connectivity index (χ3v) is 9.19. The van der Waals surface area contributed by atoms with E-state index in [0.29, 0.717) is 25.2 Å². The van der Waals surface area contributed by atoms with Crippen LogP contribution in [0.1, 0.15) is 34.2 Å². The molecule has 5 nitrogen and oxygen atoms in total. The first-order chi connectivity index (χ1) is 21.5. The summed E-state index contributed by atoms with van der Waals surface area (Å²) in [4.78, 5) is 28.2. The van der Waals surface area contributed by atoms with Crippen molar-refractivity contribution in [3.05, 3.63) is 167 Å². The predicted octanol–water partition coefficient (Wildman–Crippen LogP) is 6.71. The van der Waals surface area contributed by atoms with Gasteiger partial charge in [0, 0.05) is 24.3 Å². The molecule has 5 aromatic rings. The molecule has 44 heavy (non-hydrogen) atoms. The van der Waals surface area contributed by atoms with Crippen LogP contribution in [0.25, 0.3) is 0 Å². The number of rotatable bonds is 9. The molecule has 1 saturated carbocycles. The topological polar surface area (TPSA) is 58.6 Å². The minimum atomic E-state index is -0.813. The first-order valence-electron chi connectivity index (χ1n) is 15.1. The van der Waals surface area contributed by atoms with Crippen LogP contribution in [-0.2, 0) is 31.7 Å². The number of esters is 1. The summed E-state index contributed by atoms with van der Waals surface area (Å²) in [6, 6.07) is 46.7. The van der Waals surface area contributed by atoms with Gasteiger partial charge in [-0.15, -0.1) is 0 Å². The van der Waals surface area contributed by atoms with Gasteiger partial charge in [-0.2, -0.15) is 0 Å². The Morgan fingerprint density at radius 1 is 0.773 bits per heavy atom. The van der Waals surface area contributed by atoms with Gasteiger partial charge in [0.15, 0.2) is 0 Å². The highest BCUT2D eigenvalue weighted by atomic mass is 16.5. The number of benzene rings is 5. The fraction of sp³-hybridized carbons (Fsp3) is 0.179. The van der Waals surface area contributed by atoms with Gasteiger partial charge in [0.05, 0.1) is 18.1 Å². The van der Waals surface area contributed by atoms with Crippen molar-refractivity contribution in [2.75, 3.05) is 18.6 Å². The number of carbonyl (C=O) groups is 2. The quantitative estimate of drug-likeness (QED) is 0.156. The molecule has 7 rings (SSSR count). The molecule has 2 atom stereocenters. The SMILES string of the molecule is COC(=O)C(Cc1ccc(N2CC3(CC3=O)c3ccccc32)cc1)NC(c1ccccc1)(c1ccccc1)c1ccccc1. The number of nitrogens with one attached hydrogen (secondary N) is 1. The monoisotopic (exact) mass is 578 g/mol. The largest absolute Gasteiger partial charge is 0.468 e. The number of fused-ring (bicyclic) bond motifs is 2. The van der Waals surface area contributed by atoms with Gasteiger partial charge in [0.2, 0.25) is 0 Å². The molecule has 5 heteroatoms. The number of para-hydroxylation sites is 1. The zero-order valence-corrected chi connectivity index (χ0v) is 24.6. The molecule has 0 amide bonds. The summed E-state index contributed by atoms with van der Waals surface area (Å²) in [5.74, 6) is -0.0151. The van der Waals surface area contributed by atoms with Gasteiger partial charge in [-0.05, 0) is 52.4 Å². The molecule has 2 unspecified atom stereocenters. The van der Waals surface area contributed by atoms with Crippen LogP contribution < -0.4 is 10.2 Å². The fourth-order valence-electron chi connectivity index (χ4n) is 6.86. The van der Waals surface area contributed by atoms with Crippen molar-refractivity contribution in [3.63, 3.8) is 0 Å². The Morgan fingerprint density at radius 2 is 1.27 bits per heavy atom. The lowest BCUT2D eigenvalue weighted by Crippen LogP contribution is -2.53. The van der Waals surface area contributed by atoms with Gasteiger partial charge in [-0.1, -0.05) is 121 Å². The van der Waals surface area contributed by atoms with Crippen LogP contribution in [0, 0.1) is 0 Å². The number of Topliss-reactive ketones (excluding diaryl/α,β-unsaturated/α-hetero) is 1. The number of ketones is 1. The fourth-order valence-corrected chi connectivity index (χ4v) is 6.86. The third kappa shape index (κ3) is 4.70. The van der Waals surface area contributed by atoms with Crippen molar-refractivity contribution in [1.29, 1.82) is 0 Å². The van der Waals surface area contributed by atoms with Crippen LogP contribution in [0.2, 0.25) is 0 Å². The number of hydrogen-bond donors (Lipinski definition) is 1. The maximum Gasteiger partial charge on any atom is 0.323 e. The molecule has 0 bridgehead atoms. The summed E-state index contributed by atoms with van der Waals surface area (Å²) in [6.07, 6.45) is 1.04. The van der Waals surface area contributed by atoms with E-state index in [9.17, 15) is 9.59 Å². The molecule has 2 aliphatic rings. The lowest BCUT2D eigenvalue weighted by molar-refractivity contribution is -0.143. The maximum absolute atomic E-state index is 13.5. The van der Waals surface area contributed by atoms with E-state index in [-0.39, 0.29) is 11.4 Å². The van der Waals surface area contributed by atoms with Crippen LogP contribution in [-0.4, -0.2) is 31.4 Å². The second-order valence-corrected chi connectivity index (χ2v) is 11.7. The lowest BCUT2D eigenvalue weighted by Gasteiger charge is -2.39. The Hall–Kier alpha value is -5.00. The van der Waals surface area contributed by atoms with Gasteiger partial charge in [-0.25, -0.2) is 0 Å². The van der Waals surface area contributed by atoms with Crippen molar-refractivity contribution in [2.24, 2.45) is 0 Å². The average Bonchev–Trinajstić information content (AvgIpc) is 3.63. The van der Waals surface area contributed by atoms with Gasteiger partial charge in [0.1, 0.15) is 11.8 Å². The highest BCUT2D eigenvalue weighted by molar-refractivity contribution is 6.10. The highest BCUT2D eigenvalue weighted by Gasteiger charge is 2.60. The van der Waals surface area contributed by atoms with Crippen molar-refractivity contribution >= 4 is 23.1 Å². The molecular weight excluding hydrogens is 544 g/mol. The number of carbonyl (C=O) groups excluding carboxylic acids is 2. The summed E-state index contributed by atoms with van der Waals surface area (Å²) in [7, 11) is 1.44. The van der Waals surface area contributed by atoms with Crippen molar-refractivity contribution in [3.8, 4) is 0 Å². The van der Waals surface area contributed by atoms with E-state index in [1.54, 1.807) is 0 Å². The summed E-state index contributed by atoms with van der Waals surface area (Å²) in [6.45, 7) is 0.671. The number of anilines is 2. The highest BCUT2D eigenvalue weighted by Crippen LogP contribution is 2.55. The van der Waals surface area contributed by atoms with Gasteiger partial charge >= 0.3 is 5.97 Å². The Kier molecular flexibility index (Phi) is 7.11. The van der Waals surface area contributed by atoms with Crippen LogP contribution in [0.15, 0.2) is 140 Å². The normalized spacial score (nSPS) is 17.8. The molecular formula is C39H34N2O3. The average molecular weight is 579 g/mol. The van der Waals surface area contributed by atoms with E-state index < -0.39 is 11.6 Å². The summed E-state index contributed by atoms with van der Waals surface area (Å²) < 4.78 is 5.38. The minimum Gasteiger partial charge on any atom is -0.468 e. The van der Waals surface area contributed by atoms with Crippen LogP contribution in [0.3, 0.4) is 0 Å². The molecule has 0 saturated heterocycles. The molecule has 1 fully saturated rings. The molecule has 1 N–H and O–H groups in total. The van der Waals surface area contributed by atoms with Crippen molar-refractivity contribution in [2.45, 2.75) is 29.8 Å². The van der Waals surface area contributed by atoms with E-state index in [4.69, 9.17) is 4.74 Å². The van der Waals surface area contributed by atoms with Crippen LogP contribution in [0.4, 0.5) is 11.4 Å². The molecule has 5 aromatic carbocycles. The smallest absolute Gasteiger partial charge is 0.323 e. The van der Waals surface area contributed by atoms with E-state index in [0.717, 1.165) is 39.2 Å². The van der Waals surface area contributed by atoms with Crippen LogP contribution >= 0.6 is 0 Å². The van der Waals surface area contributed by atoms with Gasteiger partial charge in [-0.3, -0.25) is 14.9 Å². The van der Waals surface area contributed by atoms with E-state index >= 15 is 0 Å². The Bertz CT molecular complexity index is 1690. The Balaban J connectivity index is 1.24. The van der Waals surface area contributed by atoms with E-state index in [1.807, 2.05) is 66.7 Å². The predicted molar refractivity (Wildman–Crippen MR) is 173 cm³/mol. The zero-order chi connectivity index (χ0) is 30.1. The number of hydrogen-bond acceptors (Lipinski definition) is 5. The van der Waals surface area contributed by atoms with Crippen molar-refractivity contribution in [1.82, 2.24) is 5.32 Å². The molecule has 1 aliphatic heterocycles. The Morgan fingerprint density at radius 3 is 1.77 bits per heavy atom. The minimum absolute atomic E-state index is 0.315. The molecule has 0 radical (unpaired) electrons. The molecule has 0 aromatic heterocycles. The second-order valence-electron chi connectivity index (χ2n) is 11.7. The van der Waals surface area contributed by atoms with Crippen LogP contribution in [0.5, 0.6) is 0 Å². The first-order valence-corrected chi connectivity index (χ1v) is 15.1. The number of methoxy groups -OCH3 is 1. The molecule has 218 valence electrons. The standard InChI is InChI=1S/C39H34N2O3/c1-44-37(43)34(25-28-21-23-32(24-22-28)41-27-38(26-36(38)42)33-19-11-12-20-35(33)41)40-39(29-13-5-2-6-14-29,30-15-7-3-8-16-30)31-17-9-4-10-18-31/h2-24,34,40H,25-27H2,1H3. The van der Waals surface area contributed by atoms with E-state index in [1.165, 1.54) is 7.11 Å². The number of nitrogens with zero attached hydrogens (tertiary/aromatic N) is 1. The molecule has 1 spiro atoms. The maximum atomic E-state index is 13.5. The summed E-state index contributed by atoms with van der Waals surface area (Å²) >= 11 is 0. The Labute approximate surface area is 258 Å². The van der Waals surface area contributed by atoms with Gasteiger partial charge < -0.3 is 9.64 Å². The van der Waals surface area contributed by atoms with Crippen molar-refractivity contribution < 1.29 is 14.3 Å². The van der Waals surface area contributed by atoms with E-state index in [2.05, 4.69) is 83.0 Å². The van der Waals surface area contributed by atoms with Gasteiger partial charge in [0.25, 0.3) is 0 Å².